The van der Waals surface area contributed by atoms with Crippen LogP contribution < -0.4 is 10.1 Å². The zero-order valence-electron chi connectivity index (χ0n) is 18.0. The van der Waals surface area contributed by atoms with E-state index in [9.17, 15) is 18.0 Å². The van der Waals surface area contributed by atoms with Crippen molar-refractivity contribution in [1.82, 2.24) is 9.21 Å². The van der Waals surface area contributed by atoms with E-state index in [1.807, 2.05) is 11.4 Å². The molecule has 0 radical (unpaired) electrons. The molecule has 0 bridgehead atoms. The van der Waals surface area contributed by atoms with Crippen molar-refractivity contribution in [2.24, 2.45) is 0 Å². The summed E-state index contributed by atoms with van der Waals surface area (Å²) >= 11 is 1.35. The molecule has 8 nitrogen and oxygen atoms in total. The topological polar surface area (TPSA) is 96.0 Å². The minimum Gasteiger partial charge on any atom is -0.492 e. The lowest BCUT2D eigenvalue weighted by Crippen LogP contribution is -2.43. The number of amides is 2. The second kappa shape index (κ2) is 9.60. The molecular weight excluding hydrogens is 450 g/mol. The van der Waals surface area contributed by atoms with Gasteiger partial charge in [-0.15, -0.1) is 11.3 Å². The zero-order chi connectivity index (χ0) is 22.7. The molecule has 1 aromatic heterocycles. The number of sulfonamides is 1. The van der Waals surface area contributed by atoms with Crippen molar-refractivity contribution < 1.29 is 22.7 Å². The Bertz CT molecular complexity index is 1080. The number of carbonyl (C=O) groups excluding carboxylic acids is 2. The van der Waals surface area contributed by atoms with Crippen LogP contribution in [0, 0.1) is 0 Å². The molecule has 1 aromatic carbocycles. The normalized spacial score (nSPS) is 19.3. The van der Waals surface area contributed by atoms with Gasteiger partial charge in [-0.25, -0.2) is 8.42 Å². The highest BCUT2D eigenvalue weighted by Gasteiger charge is 2.35. The van der Waals surface area contributed by atoms with Crippen molar-refractivity contribution >= 4 is 38.9 Å². The molecule has 2 saturated heterocycles. The Morgan fingerprint density at radius 2 is 1.94 bits per heavy atom. The zero-order valence-corrected chi connectivity index (χ0v) is 19.6. The Morgan fingerprint density at radius 3 is 2.62 bits per heavy atom. The first kappa shape index (κ1) is 22.8. The highest BCUT2D eigenvalue weighted by molar-refractivity contribution is 7.89. The minimum absolute atomic E-state index is 0.0528. The maximum Gasteiger partial charge on any atom is 0.264 e. The number of anilines is 1. The van der Waals surface area contributed by atoms with Crippen LogP contribution in [0.25, 0.3) is 0 Å². The van der Waals surface area contributed by atoms with E-state index in [2.05, 4.69) is 5.32 Å². The average molecular weight is 478 g/mol. The molecule has 0 saturated carbocycles. The fourth-order valence-corrected chi connectivity index (χ4v) is 6.53. The van der Waals surface area contributed by atoms with Crippen molar-refractivity contribution in [3.63, 3.8) is 0 Å². The molecule has 4 rings (SSSR count). The maximum absolute atomic E-state index is 13.2. The Balaban J connectivity index is 1.56. The van der Waals surface area contributed by atoms with Gasteiger partial charge in [-0.2, -0.15) is 4.31 Å². The van der Waals surface area contributed by atoms with Crippen LogP contribution in [0.4, 0.5) is 5.69 Å². The van der Waals surface area contributed by atoms with E-state index in [1.54, 1.807) is 30.0 Å². The molecule has 0 spiro atoms. The van der Waals surface area contributed by atoms with Crippen molar-refractivity contribution in [3.8, 4) is 5.75 Å². The Labute approximate surface area is 192 Å². The monoisotopic (exact) mass is 477 g/mol. The van der Waals surface area contributed by atoms with Crippen molar-refractivity contribution in [3.05, 3.63) is 40.6 Å². The Kier molecular flexibility index (Phi) is 6.82. The quantitative estimate of drug-likeness (QED) is 0.661. The molecule has 3 heterocycles. The molecule has 10 heteroatoms. The highest BCUT2D eigenvalue weighted by atomic mass is 32.2. The number of thiophene rings is 1. The van der Waals surface area contributed by atoms with Crippen LogP contribution in [0.1, 0.15) is 42.3 Å². The second-order valence-electron chi connectivity index (χ2n) is 7.83. The number of hydrogen-bond donors (Lipinski definition) is 1. The number of rotatable bonds is 7. The van der Waals surface area contributed by atoms with Crippen molar-refractivity contribution in [1.29, 1.82) is 0 Å². The first-order valence-corrected chi connectivity index (χ1v) is 13.2. The number of likely N-dealkylation sites (tertiary alicyclic amines) is 1. The number of benzene rings is 1. The molecule has 1 atom stereocenters. The van der Waals surface area contributed by atoms with Gasteiger partial charge in [0.15, 0.2) is 0 Å². The van der Waals surface area contributed by atoms with Crippen molar-refractivity contribution in [2.75, 3.05) is 31.6 Å². The third-order valence-electron chi connectivity index (χ3n) is 5.74. The van der Waals surface area contributed by atoms with Crippen LogP contribution in [0.2, 0.25) is 0 Å². The number of ether oxygens (including phenoxy) is 1. The molecule has 32 heavy (non-hydrogen) atoms. The molecule has 2 aliphatic heterocycles. The summed E-state index contributed by atoms with van der Waals surface area (Å²) in [4.78, 5) is 28.1. The molecule has 2 fully saturated rings. The smallest absolute Gasteiger partial charge is 0.264 e. The number of nitrogens with zero attached hydrogens (tertiary/aromatic N) is 2. The third-order valence-corrected chi connectivity index (χ3v) is 8.52. The average Bonchev–Trinajstić information content (AvgIpc) is 3.57. The van der Waals surface area contributed by atoms with E-state index in [1.165, 1.54) is 21.7 Å². The lowest BCUT2D eigenvalue weighted by Gasteiger charge is -2.24. The molecule has 0 unspecified atom stereocenters. The van der Waals surface area contributed by atoms with E-state index in [4.69, 9.17) is 4.74 Å². The van der Waals surface area contributed by atoms with Gasteiger partial charge in [-0.05, 0) is 62.3 Å². The van der Waals surface area contributed by atoms with Gasteiger partial charge in [0.05, 0.1) is 11.5 Å². The first-order chi connectivity index (χ1) is 15.4. The number of carbonyl (C=O) groups is 2. The van der Waals surface area contributed by atoms with E-state index in [0.29, 0.717) is 43.2 Å². The van der Waals surface area contributed by atoms with Crippen LogP contribution in [-0.4, -0.2) is 61.7 Å². The summed E-state index contributed by atoms with van der Waals surface area (Å²) in [5.41, 5.74) is 0.367. The van der Waals surface area contributed by atoms with E-state index in [0.717, 1.165) is 19.3 Å². The fourth-order valence-electron chi connectivity index (χ4n) is 4.18. The Morgan fingerprint density at radius 1 is 1.16 bits per heavy atom. The van der Waals surface area contributed by atoms with E-state index in [-0.39, 0.29) is 22.5 Å². The predicted molar refractivity (Wildman–Crippen MR) is 123 cm³/mol. The lowest BCUT2D eigenvalue weighted by atomic mass is 10.2. The van der Waals surface area contributed by atoms with Crippen LogP contribution >= 0.6 is 11.3 Å². The molecule has 0 aliphatic carbocycles. The largest absolute Gasteiger partial charge is 0.492 e. The van der Waals surface area contributed by atoms with Gasteiger partial charge in [0.25, 0.3) is 5.91 Å². The molecule has 2 aromatic rings. The van der Waals surface area contributed by atoms with Crippen LogP contribution in [0.5, 0.6) is 5.75 Å². The third kappa shape index (κ3) is 4.53. The molecule has 2 aliphatic rings. The van der Waals surface area contributed by atoms with Crippen LogP contribution in [0.15, 0.2) is 40.6 Å². The SMILES string of the molecule is CCOc1ccc(NC(=O)[C@@H]2CCCN2C(=O)c2cccs2)cc1S(=O)(=O)N1CCCC1. The molecule has 172 valence electrons. The van der Waals surface area contributed by atoms with Gasteiger partial charge >= 0.3 is 0 Å². The molecular formula is C22H27N3O5S2. The van der Waals surface area contributed by atoms with Gasteiger partial charge in [-0.1, -0.05) is 6.07 Å². The summed E-state index contributed by atoms with van der Waals surface area (Å²) in [5.74, 6) is -0.199. The number of nitrogens with one attached hydrogen (secondary N) is 1. The maximum atomic E-state index is 13.2. The molecule has 1 N–H and O–H groups in total. The second-order valence-corrected chi connectivity index (χ2v) is 10.7. The van der Waals surface area contributed by atoms with Gasteiger partial charge in [-0.3, -0.25) is 9.59 Å². The van der Waals surface area contributed by atoms with Gasteiger partial charge in [0.1, 0.15) is 16.7 Å². The van der Waals surface area contributed by atoms with E-state index >= 15 is 0 Å². The van der Waals surface area contributed by atoms with Crippen molar-refractivity contribution in [2.45, 2.75) is 43.5 Å². The van der Waals surface area contributed by atoms with Crippen LogP contribution in [0.3, 0.4) is 0 Å². The van der Waals surface area contributed by atoms with Gasteiger partial charge < -0.3 is 15.0 Å². The summed E-state index contributed by atoms with van der Waals surface area (Å²) < 4.78 is 33.4. The van der Waals surface area contributed by atoms with Gasteiger partial charge in [0.2, 0.25) is 15.9 Å². The minimum atomic E-state index is -3.73. The summed E-state index contributed by atoms with van der Waals surface area (Å²) in [6.07, 6.45) is 2.97. The fraction of sp³-hybridized carbons (Fsp3) is 0.455. The van der Waals surface area contributed by atoms with Gasteiger partial charge in [0, 0.05) is 25.3 Å². The summed E-state index contributed by atoms with van der Waals surface area (Å²) in [6.45, 7) is 3.60. The summed E-state index contributed by atoms with van der Waals surface area (Å²) in [5, 5.41) is 4.65. The predicted octanol–water partition coefficient (Wildman–Crippen LogP) is 3.17. The first-order valence-electron chi connectivity index (χ1n) is 10.8. The molecule has 2 amide bonds. The lowest BCUT2D eigenvalue weighted by molar-refractivity contribution is -0.119. The highest BCUT2D eigenvalue weighted by Crippen LogP contribution is 2.32. The number of hydrogen-bond acceptors (Lipinski definition) is 6. The van der Waals surface area contributed by atoms with E-state index < -0.39 is 16.1 Å². The summed E-state index contributed by atoms with van der Waals surface area (Å²) in [6, 6.07) is 7.64. The Hall–Kier alpha value is -2.43. The summed E-state index contributed by atoms with van der Waals surface area (Å²) in [7, 11) is -3.73. The van der Waals surface area contributed by atoms with Crippen LogP contribution in [-0.2, 0) is 14.8 Å². The standard InChI is InChI=1S/C22H27N3O5S2/c1-2-30-18-10-9-16(15-20(18)32(28,29)24-11-3-4-12-24)23-21(26)17-7-5-13-25(17)22(27)19-8-6-14-31-19/h6,8-10,14-15,17H,2-5,7,11-13H2,1H3,(H,23,26)/t17-/m0/s1.